The van der Waals surface area contributed by atoms with Gasteiger partial charge in [-0.25, -0.2) is 22.3 Å². The molecule has 1 aromatic carbocycles. The summed E-state index contributed by atoms with van der Waals surface area (Å²) in [6.07, 6.45) is 4.28. The first kappa shape index (κ1) is 24.9. The second-order valence-corrected chi connectivity index (χ2v) is 10.4. The van der Waals surface area contributed by atoms with Crippen LogP contribution in [0.1, 0.15) is 66.7 Å². The van der Waals surface area contributed by atoms with Gasteiger partial charge in [-0.2, -0.15) is 0 Å². The molecule has 0 unspecified atom stereocenters. The maximum absolute atomic E-state index is 14.0. The predicted molar refractivity (Wildman–Crippen MR) is 122 cm³/mol. The highest BCUT2D eigenvalue weighted by Gasteiger charge is 2.23. The zero-order chi connectivity index (χ0) is 24.0. The lowest BCUT2D eigenvalue weighted by Gasteiger charge is -2.16. The van der Waals surface area contributed by atoms with E-state index in [0.29, 0.717) is 49.3 Å². The highest BCUT2D eigenvalue weighted by Crippen LogP contribution is 2.31. The molecule has 8 nitrogen and oxygen atoms in total. The van der Waals surface area contributed by atoms with Crippen molar-refractivity contribution in [3.8, 4) is 5.75 Å². The van der Waals surface area contributed by atoms with Crippen LogP contribution in [0.25, 0.3) is 0 Å². The van der Waals surface area contributed by atoms with E-state index in [1.807, 2.05) is 0 Å². The number of rotatable bonds is 13. The Morgan fingerprint density at radius 3 is 2.70 bits per heavy atom. The van der Waals surface area contributed by atoms with Crippen molar-refractivity contribution in [2.75, 3.05) is 12.4 Å². The molecule has 1 aromatic heterocycles. The van der Waals surface area contributed by atoms with Gasteiger partial charge in [0.25, 0.3) is 0 Å². The van der Waals surface area contributed by atoms with Crippen molar-refractivity contribution in [3.05, 3.63) is 63.3 Å². The van der Waals surface area contributed by atoms with E-state index in [1.165, 1.54) is 24.3 Å². The molecule has 3 rings (SSSR count). The van der Waals surface area contributed by atoms with Crippen molar-refractivity contribution in [1.82, 2.24) is 9.71 Å². The van der Waals surface area contributed by atoms with Crippen molar-refractivity contribution in [2.24, 2.45) is 5.92 Å². The zero-order valence-electron chi connectivity index (χ0n) is 18.5. The molecule has 0 bridgehead atoms. The van der Waals surface area contributed by atoms with E-state index in [1.54, 1.807) is 13.0 Å². The molecular formula is C23H29FN2O6S. The number of ether oxygens (including phenoxy) is 1. The molecule has 1 fully saturated rings. The van der Waals surface area contributed by atoms with Crippen LogP contribution in [0.5, 0.6) is 5.75 Å². The molecule has 0 spiro atoms. The molecule has 1 aliphatic carbocycles. The second-order valence-electron chi connectivity index (χ2n) is 8.48. The second kappa shape index (κ2) is 10.9. The Morgan fingerprint density at radius 2 is 2.00 bits per heavy atom. The lowest BCUT2D eigenvalue weighted by atomic mass is 10.1. The van der Waals surface area contributed by atoms with E-state index in [-0.39, 0.29) is 17.2 Å². The summed E-state index contributed by atoms with van der Waals surface area (Å²) in [5, 5.41) is 9.00. The van der Waals surface area contributed by atoms with E-state index in [0.717, 1.165) is 12.8 Å². The standard InChI is InChI=1S/C23H29FN2O6S/c1-15(18-8-9-19(24)21(13-18)32-14-16-6-7-16)26-33(30,31)10-4-2-3-5-17-11-20(23(28)29)25-22(27)12-17/h8-9,11-13,15-16,26H,2-7,10,14H2,1H3,(H,25,27)(H,28,29)/t15-/m1/s1. The lowest BCUT2D eigenvalue weighted by molar-refractivity contribution is 0.0690. The number of pyridine rings is 1. The number of unbranched alkanes of at least 4 members (excludes halogenated alkanes) is 2. The third kappa shape index (κ3) is 7.97. The van der Waals surface area contributed by atoms with Crippen LogP contribution in [0, 0.1) is 11.7 Å². The van der Waals surface area contributed by atoms with Crippen molar-refractivity contribution >= 4 is 16.0 Å². The number of aromatic nitrogens is 1. The van der Waals surface area contributed by atoms with Gasteiger partial charge in [0.15, 0.2) is 11.6 Å². The number of aryl methyl sites for hydroxylation is 1. The van der Waals surface area contributed by atoms with Gasteiger partial charge in [0.1, 0.15) is 5.69 Å². The number of carbonyl (C=O) groups is 1. The number of hydrogen-bond donors (Lipinski definition) is 3. The number of aromatic amines is 1. The lowest BCUT2D eigenvalue weighted by Crippen LogP contribution is -2.29. The first-order valence-electron chi connectivity index (χ1n) is 11.0. The Kier molecular flexibility index (Phi) is 8.25. The van der Waals surface area contributed by atoms with Gasteiger partial charge in [-0.15, -0.1) is 0 Å². The molecule has 1 atom stereocenters. The molecule has 10 heteroatoms. The summed E-state index contributed by atoms with van der Waals surface area (Å²) in [5.41, 5.74) is 0.573. The first-order valence-corrected chi connectivity index (χ1v) is 12.7. The monoisotopic (exact) mass is 480 g/mol. The van der Waals surface area contributed by atoms with Crippen molar-refractivity contribution in [2.45, 2.75) is 51.5 Å². The minimum absolute atomic E-state index is 0.0701. The van der Waals surface area contributed by atoms with Crippen LogP contribution >= 0.6 is 0 Å². The molecule has 1 saturated carbocycles. The van der Waals surface area contributed by atoms with Gasteiger partial charge in [0, 0.05) is 12.1 Å². The van der Waals surface area contributed by atoms with Gasteiger partial charge >= 0.3 is 5.97 Å². The van der Waals surface area contributed by atoms with Crippen LogP contribution in [0.3, 0.4) is 0 Å². The number of hydrogen-bond acceptors (Lipinski definition) is 5. The fourth-order valence-corrected chi connectivity index (χ4v) is 4.82. The van der Waals surface area contributed by atoms with Crippen molar-refractivity contribution < 1.29 is 27.4 Å². The topological polar surface area (TPSA) is 126 Å². The number of benzene rings is 1. The number of halogens is 1. The number of carboxylic acids is 1. The quantitative estimate of drug-likeness (QED) is 0.377. The molecule has 0 saturated heterocycles. The summed E-state index contributed by atoms with van der Waals surface area (Å²) in [4.78, 5) is 24.8. The first-order chi connectivity index (χ1) is 15.6. The molecule has 0 radical (unpaired) electrons. The van der Waals surface area contributed by atoms with E-state index in [2.05, 4.69) is 9.71 Å². The highest BCUT2D eigenvalue weighted by atomic mass is 32.2. The molecule has 33 heavy (non-hydrogen) atoms. The zero-order valence-corrected chi connectivity index (χ0v) is 19.3. The van der Waals surface area contributed by atoms with E-state index in [9.17, 15) is 22.4 Å². The third-order valence-corrected chi connectivity index (χ3v) is 7.03. The Hall–Kier alpha value is -2.72. The Labute approximate surface area is 192 Å². The van der Waals surface area contributed by atoms with Crippen LogP contribution in [-0.2, 0) is 16.4 Å². The maximum Gasteiger partial charge on any atom is 0.352 e. The minimum Gasteiger partial charge on any atom is -0.490 e. The predicted octanol–water partition coefficient (Wildman–Crippen LogP) is 3.39. The van der Waals surface area contributed by atoms with Crippen LogP contribution in [0.2, 0.25) is 0 Å². The van der Waals surface area contributed by atoms with Gasteiger partial charge < -0.3 is 14.8 Å². The average molecular weight is 481 g/mol. The molecule has 1 heterocycles. The normalized spacial score (nSPS) is 14.7. The number of nitrogens with one attached hydrogen (secondary N) is 2. The minimum atomic E-state index is -3.55. The van der Waals surface area contributed by atoms with Crippen LogP contribution in [0.4, 0.5) is 4.39 Å². The Balaban J connectivity index is 1.45. The van der Waals surface area contributed by atoms with Crippen LogP contribution in [0.15, 0.2) is 35.1 Å². The summed E-state index contributed by atoms with van der Waals surface area (Å²) < 4.78 is 47.0. The number of aromatic carboxylic acids is 1. The summed E-state index contributed by atoms with van der Waals surface area (Å²) in [7, 11) is -3.55. The number of carboxylic acid groups (broad SMARTS) is 1. The van der Waals surface area contributed by atoms with Crippen LogP contribution < -0.4 is 15.0 Å². The molecule has 0 aliphatic heterocycles. The Morgan fingerprint density at radius 1 is 1.24 bits per heavy atom. The molecule has 2 aromatic rings. The van der Waals surface area contributed by atoms with Gasteiger partial charge in [0.05, 0.1) is 12.4 Å². The van der Waals surface area contributed by atoms with Gasteiger partial charge in [-0.1, -0.05) is 12.5 Å². The van der Waals surface area contributed by atoms with E-state index in [4.69, 9.17) is 9.84 Å². The smallest absolute Gasteiger partial charge is 0.352 e. The Bertz CT molecular complexity index is 1140. The van der Waals surface area contributed by atoms with Crippen molar-refractivity contribution in [1.29, 1.82) is 0 Å². The third-order valence-electron chi connectivity index (χ3n) is 5.50. The summed E-state index contributed by atoms with van der Waals surface area (Å²) in [5.74, 6) is -1.13. The average Bonchev–Trinajstić information content (AvgIpc) is 3.56. The molecule has 180 valence electrons. The van der Waals surface area contributed by atoms with Crippen molar-refractivity contribution in [3.63, 3.8) is 0 Å². The fourth-order valence-electron chi connectivity index (χ4n) is 3.45. The molecular weight excluding hydrogens is 451 g/mol. The molecule has 0 amide bonds. The van der Waals surface area contributed by atoms with Gasteiger partial charge in [-0.3, -0.25) is 4.79 Å². The summed E-state index contributed by atoms with van der Waals surface area (Å²) in [6, 6.07) is 6.58. The fraction of sp³-hybridized carbons (Fsp3) is 0.478. The molecule has 1 aliphatic rings. The van der Waals surface area contributed by atoms with E-state index >= 15 is 0 Å². The summed E-state index contributed by atoms with van der Waals surface area (Å²) >= 11 is 0. The van der Waals surface area contributed by atoms with Gasteiger partial charge in [-0.05, 0) is 74.3 Å². The van der Waals surface area contributed by atoms with Gasteiger partial charge in [0.2, 0.25) is 15.6 Å². The van der Waals surface area contributed by atoms with E-state index < -0.39 is 33.4 Å². The maximum atomic E-state index is 14.0. The molecule has 3 N–H and O–H groups in total. The SMILES string of the molecule is C[C@@H](NS(=O)(=O)CCCCCc1cc(C(=O)O)[nH]c(=O)c1)c1ccc(F)c(OCC2CC2)c1. The highest BCUT2D eigenvalue weighted by molar-refractivity contribution is 7.89. The largest absolute Gasteiger partial charge is 0.490 e. The number of H-pyrrole nitrogens is 1. The van der Waals surface area contributed by atoms with Crippen LogP contribution in [-0.4, -0.2) is 36.8 Å². The summed E-state index contributed by atoms with van der Waals surface area (Å²) in [6.45, 7) is 2.16. The number of sulfonamides is 1.